The van der Waals surface area contributed by atoms with Crippen molar-refractivity contribution in [3.8, 4) is 5.75 Å². The fourth-order valence-corrected chi connectivity index (χ4v) is 2.83. The normalized spacial score (nSPS) is 11.5. The maximum Gasteiger partial charge on any atom is 0.178 e. The number of nitrogens with one attached hydrogen (secondary N) is 1. The number of aryl methyl sites for hydroxylation is 1. The molecule has 0 atom stereocenters. The molecule has 1 aromatic heterocycles. The van der Waals surface area contributed by atoms with Gasteiger partial charge in [0.1, 0.15) is 0 Å². The van der Waals surface area contributed by atoms with Crippen LogP contribution in [0, 0.1) is 10.6 Å². The molecule has 0 aliphatic heterocycles. The van der Waals surface area contributed by atoms with E-state index in [1.165, 1.54) is 13.2 Å². The molecular weight excluding hydrogens is 289 g/mol. The summed E-state index contributed by atoms with van der Waals surface area (Å²) in [5.74, 6) is -0.134. The van der Waals surface area contributed by atoms with Crippen molar-refractivity contribution in [1.82, 2.24) is 14.5 Å². The third-order valence-electron chi connectivity index (χ3n) is 3.80. The summed E-state index contributed by atoms with van der Waals surface area (Å²) in [6, 6.07) is 3.14. The van der Waals surface area contributed by atoms with Crippen molar-refractivity contribution in [3.63, 3.8) is 0 Å². The topological polar surface area (TPSA) is 33.2 Å². The maximum absolute atomic E-state index is 13.7. The number of imidazole rings is 1. The Labute approximate surface area is 129 Å². The van der Waals surface area contributed by atoms with E-state index in [1.807, 2.05) is 4.57 Å². The van der Waals surface area contributed by atoms with Crippen molar-refractivity contribution in [1.29, 1.82) is 0 Å². The number of halogens is 1. The molecule has 0 fully saturated rings. The van der Waals surface area contributed by atoms with E-state index < -0.39 is 0 Å². The van der Waals surface area contributed by atoms with Crippen LogP contribution in [-0.4, -0.2) is 41.2 Å². The first kappa shape index (κ1) is 16.0. The van der Waals surface area contributed by atoms with Crippen LogP contribution in [0.3, 0.4) is 0 Å². The molecule has 0 spiro atoms. The quantitative estimate of drug-likeness (QED) is 0.794. The minimum absolute atomic E-state index is 0.244. The first-order valence-electron chi connectivity index (χ1n) is 7.29. The monoisotopic (exact) mass is 311 g/mol. The van der Waals surface area contributed by atoms with Crippen LogP contribution in [0.2, 0.25) is 0 Å². The lowest BCUT2D eigenvalue weighted by Gasteiger charge is -2.17. The van der Waals surface area contributed by atoms with Gasteiger partial charge in [-0.15, -0.1) is 0 Å². The Morgan fingerprint density at radius 2 is 2.05 bits per heavy atom. The molecule has 4 nitrogen and oxygen atoms in total. The summed E-state index contributed by atoms with van der Waals surface area (Å²) in [4.78, 5) is 5.43. The summed E-state index contributed by atoms with van der Waals surface area (Å²) in [7, 11) is 1.47. The van der Waals surface area contributed by atoms with Crippen LogP contribution in [-0.2, 0) is 6.54 Å². The number of H-pyrrole nitrogens is 1. The second kappa shape index (κ2) is 7.04. The number of hydrogen-bond donors (Lipinski definition) is 1. The van der Waals surface area contributed by atoms with Gasteiger partial charge in [-0.2, -0.15) is 0 Å². The molecule has 1 N–H and O–H groups in total. The number of ether oxygens (including phenoxy) is 1. The zero-order valence-electron chi connectivity index (χ0n) is 12.8. The molecule has 2 rings (SSSR count). The van der Waals surface area contributed by atoms with Crippen LogP contribution in [0.5, 0.6) is 5.75 Å². The summed E-state index contributed by atoms with van der Waals surface area (Å²) in [6.07, 6.45) is 1.00. The summed E-state index contributed by atoms with van der Waals surface area (Å²) in [5, 5.41) is 0. The third kappa shape index (κ3) is 3.44. The zero-order chi connectivity index (χ0) is 15.4. The molecule has 1 aromatic carbocycles. The highest BCUT2D eigenvalue weighted by atomic mass is 32.1. The molecule has 0 radical (unpaired) electrons. The van der Waals surface area contributed by atoms with Crippen LogP contribution < -0.4 is 4.74 Å². The number of rotatable bonds is 7. The van der Waals surface area contributed by atoms with E-state index in [0.29, 0.717) is 10.3 Å². The number of fused-ring (bicyclic) bond motifs is 1. The molecule has 116 valence electrons. The number of aromatic amines is 1. The molecule has 1 heterocycles. The molecule has 0 saturated heterocycles. The summed E-state index contributed by atoms with van der Waals surface area (Å²) < 4.78 is 21.4. The standard InChI is InChI=1S/C15H22FN3OS/c1-4-18(5-2)7-6-8-19-13-10-14(20-3)11(16)9-12(13)17-15(19)21/h9-10H,4-8H2,1-3H3,(H,17,21). The fourth-order valence-electron chi connectivity index (χ4n) is 2.53. The SMILES string of the molecule is CCN(CC)CCCn1c(=S)[nH]c2cc(F)c(OC)cc21. The zero-order valence-corrected chi connectivity index (χ0v) is 13.6. The minimum atomic E-state index is -0.378. The number of nitrogens with zero attached hydrogens (tertiary/aromatic N) is 2. The Morgan fingerprint density at radius 1 is 1.33 bits per heavy atom. The average molecular weight is 311 g/mol. The highest BCUT2D eigenvalue weighted by Gasteiger charge is 2.10. The van der Waals surface area contributed by atoms with Gasteiger partial charge in [0.25, 0.3) is 0 Å². The molecule has 0 aliphatic carbocycles. The smallest absolute Gasteiger partial charge is 0.178 e. The predicted molar refractivity (Wildman–Crippen MR) is 86.0 cm³/mol. The Kier molecular flexibility index (Phi) is 5.36. The van der Waals surface area contributed by atoms with Gasteiger partial charge >= 0.3 is 0 Å². The lowest BCUT2D eigenvalue weighted by Crippen LogP contribution is -2.24. The van der Waals surface area contributed by atoms with Crippen molar-refractivity contribution < 1.29 is 9.13 Å². The largest absolute Gasteiger partial charge is 0.494 e. The van der Waals surface area contributed by atoms with Gasteiger partial charge in [0.2, 0.25) is 0 Å². The molecule has 2 aromatic rings. The summed E-state index contributed by atoms with van der Waals surface area (Å²) in [6.45, 7) is 8.26. The summed E-state index contributed by atoms with van der Waals surface area (Å²) in [5.41, 5.74) is 1.60. The minimum Gasteiger partial charge on any atom is -0.494 e. The van der Waals surface area contributed by atoms with E-state index in [1.54, 1.807) is 6.07 Å². The van der Waals surface area contributed by atoms with E-state index in [0.717, 1.165) is 38.1 Å². The van der Waals surface area contributed by atoms with Crippen LogP contribution in [0.25, 0.3) is 11.0 Å². The Bertz CT molecular complexity index is 661. The highest BCUT2D eigenvalue weighted by molar-refractivity contribution is 7.71. The van der Waals surface area contributed by atoms with Crippen LogP contribution in [0.15, 0.2) is 12.1 Å². The average Bonchev–Trinajstić information content (AvgIpc) is 2.77. The lowest BCUT2D eigenvalue weighted by molar-refractivity contribution is 0.293. The Balaban J connectivity index is 2.23. The van der Waals surface area contributed by atoms with Gasteiger partial charge in [-0.25, -0.2) is 4.39 Å². The van der Waals surface area contributed by atoms with Gasteiger partial charge in [0, 0.05) is 18.7 Å². The van der Waals surface area contributed by atoms with E-state index in [9.17, 15) is 4.39 Å². The highest BCUT2D eigenvalue weighted by Crippen LogP contribution is 2.24. The fraction of sp³-hybridized carbons (Fsp3) is 0.533. The summed E-state index contributed by atoms with van der Waals surface area (Å²) >= 11 is 5.34. The van der Waals surface area contributed by atoms with Crippen molar-refractivity contribution in [2.45, 2.75) is 26.8 Å². The second-order valence-corrected chi connectivity index (χ2v) is 5.35. The molecule has 21 heavy (non-hydrogen) atoms. The van der Waals surface area contributed by atoms with E-state index >= 15 is 0 Å². The predicted octanol–water partition coefficient (Wildman–Crippen LogP) is 3.58. The lowest BCUT2D eigenvalue weighted by atomic mass is 10.2. The van der Waals surface area contributed by atoms with Gasteiger partial charge in [0.15, 0.2) is 16.3 Å². The Morgan fingerprint density at radius 3 is 2.67 bits per heavy atom. The van der Waals surface area contributed by atoms with E-state index in [-0.39, 0.29) is 11.6 Å². The van der Waals surface area contributed by atoms with Gasteiger partial charge < -0.3 is 19.2 Å². The van der Waals surface area contributed by atoms with Crippen molar-refractivity contribution in [3.05, 3.63) is 22.7 Å². The molecule has 0 unspecified atom stereocenters. The van der Waals surface area contributed by atoms with E-state index in [4.69, 9.17) is 17.0 Å². The van der Waals surface area contributed by atoms with Crippen LogP contribution in [0.4, 0.5) is 4.39 Å². The van der Waals surface area contributed by atoms with Gasteiger partial charge in [-0.1, -0.05) is 13.8 Å². The van der Waals surface area contributed by atoms with Crippen molar-refractivity contribution >= 4 is 23.3 Å². The molecular formula is C15H22FN3OS. The molecule has 0 saturated carbocycles. The van der Waals surface area contributed by atoms with Crippen molar-refractivity contribution in [2.24, 2.45) is 0 Å². The van der Waals surface area contributed by atoms with Crippen LogP contribution >= 0.6 is 12.2 Å². The van der Waals surface area contributed by atoms with E-state index in [2.05, 4.69) is 23.7 Å². The molecule has 0 aliphatic rings. The molecule has 0 amide bonds. The number of hydrogen-bond acceptors (Lipinski definition) is 3. The Hall–Kier alpha value is -1.40. The first-order valence-corrected chi connectivity index (χ1v) is 7.69. The van der Waals surface area contributed by atoms with Crippen molar-refractivity contribution in [2.75, 3.05) is 26.7 Å². The van der Waals surface area contributed by atoms with Gasteiger partial charge in [0.05, 0.1) is 18.1 Å². The second-order valence-electron chi connectivity index (χ2n) is 4.97. The molecule has 6 heteroatoms. The number of benzene rings is 1. The molecule has 0 bridgehead atoms. The third-order valence-corrected chi connectivity index (χ3v) is 4.12. The number of aromatic nitrogens is 2. The maximum atomic E-state index is 13.7. The van der Waals surface area contributed by atoms with Crippen LogP contribution in [0.1, 0.15) is 20.3 Å². The number of methoxy groups -OCH3 is 1. The first-order chi connectivity index (χ1) is 10.1. The van der Waals surface area contributed by atoms with Gasteiger partial charge in [-0.3, -0.25) is 0 Å². The van der Waals surface area contributed by atoms with Gasteiger partial charge in [-0.05, 0) is 38.3 Å².